The second kappa shape index (κ2) is 2.05. The summed E-state index contributed by atoms with van der Waals surface area (Å²) in [5, 5.41) is 19.7. The van der Waals surface area contributed by atoms with E-state index in [1.54, 1.807) is 0 Å². The van der Waals surface area contributed by atoms with Gasteiger partial charge in [0.1, 0.15) is 0 Å². The number of fused-ring (bicyclic) bond motifs is 2. The maximum atomic E-state index is 10.0. The summed E-state index contributed by atoms with van der Waals surface area (Å²) >= 11 is 0. The third-order valence-corrected chi connectivity index (χ3v) is 4.34. The highest BCUT2D eigenvalue weighted by atomic mass is 16.3. The van der Waals surface area contributed by atoms with Gasteiger partial charge in [0.15, 0.2) is 0 Å². The van der Waals surface area contributed by atoms with Gasteiger partial charge in [0.25, 0.3) is 0 Å². The lowest BCUT2D eigenvalue weighted by molar-refractivity contribution is -0.0970. The van der Waals surface area contributed by atoms with E-state index < -0.39 is 0 Å². The number of rotatable bonds is 0. The Morgan fingerprint density at radius 3 is 2.08 bits per heavy atom. The van der Waals surface area contributed by atoms with Crippen LogP contribution in [0.3, 0.4) is 0 Å². The molecule has 2 aliphatic rings. The van der Waals surface area contributed by atoms with Crippen molar-refractivity contribution in [3.8, 4) is 0 Å². The van der Waals surface area contributed by atoms with Crippen molar-refractivity contribution < 1.29 is 10.2 Å². The molecule has 0 aliphatic heterocycles. The van der Waals surface area contributed by atoms with E-state index in [9.17, 15) is 10.2 Å². The minimum absolute atomic E-state index is 0.00792. The molecule has 2 aliphatic carbocycles. The molecule has 0 aromatic heterocycles. The summed E-state index contributed by atoms with van der Waals surface area (Å²) in [6.45, 7) is 6.23. The number of aliphatic hydroxyl groups is 2. The van der Waals surface area contributed by atoms with Crippen LogP contribution in [0.25, 0.3) is 0 Å². The minimum atomic E-state index is -0.334. The van der Waals surface area contributed by atoms with E-state index in [2.05, 4.69) is 13.8 Å². The second-order valence-corrected chi connectivity index (χ2v) is 5.38. The van der Waals surface area contributed by atoms with Crippen LogP contribution in [0.4, 0.5) is 0 Å². The molecule has 2 heteroatoms. The van der Waals surface area contributed by atoms with Crippen molar-refractivity contribution in [3.63, 3.8) is 0 Å². The predicted octanol–water partition coefficient (Wildman–Crippen LogP) is 1.16. The minimum Gasteiger partial charge on any atom is -0.392 e. The lowest BCUT2D eigenvalue weighted by Crippen LogP contribution is -2.47. The van der Waals surface area contributed by atoms with Crippen molar-refractivity contribution in [1.29, 1.82) is 0 Å². The Bertz CT molecular complexity index is 212. The van der Waals surface area contributed by atoms with Crippen LogP contribution >= 0.6 is 0 Å². The summed E-state index contributed by atoms with van der Waals surface area (Å²) in [7, 11) is 0. The van der Waals surface area contributed by atoms with Crippen molar-refractivity contribution in [2.45, 2.75) is 45.8 Å². The quantitative estimate of drug-likeness (QED) is 0.573. The highest BCUT2D eigenvalue weighted by Crippen LogP contribution is 2.62. The molecule has 2 fully saturated rings. The highest BCUT2D eigenvalue weighted by Gasteiger charge is 2.63. The third kappa shape index (κ3) is 0.728. The fourth-order valence-electron chi connectivity index (χ4n) is 3.22. The van der Waals surface area contributed by atoms with E-state index in [0.29, 0.717) is 5.92 Å². The Morgan fingerprint density at radius 1 is 1.17 bits per heavy atom. The van der Waals surface area contributed by atoms with E-state index in [1.807, 2.05) is 6.92 Å². The van der Waals surface area contributed by atoms with Gasteiger partial charge in [-0.15, -0.1) is 0 Å². The first-order chi connectivity index (χ1) is 5.39. The molecule has 12 heavy (non-hydrogen) atoms. The van der Waals surface area contributed by atoms with Gasteiger partial charge in [-0.2, -0.15) is 0 Å². The monoisotopic (exact) mass is 170 g/mol. The van der Waals surface area contributed by atoms with Gasteiger partial charge in [-0.3, -0.25) is 0 Å². The van der Waals surface area contributed by atoms with Crippen LogP contribution < -0.4 is 0 Å². The van der Waals surface area contributed by atoms with E-state index in [4.69, 9.17) is 0 Å². The summed E-state index contributed by atoms with van der Waals surface area (Å²) in [6.07, 6.45) is 1.24. The van der Waals surface area contributed by atoms with Gasteiger partial charge in [0, 0.05) is 5.41 Å². The fraction of sp³-hybridized carbons (Fsp3) is 1.00. The molecular weight excluding hydrogens is 152 g/mol. The molecule has 2 N–H and O–H groups in total. The predicted molar refractivity (Wildman–Crippen MR) is 46.6 cm³/mol. The average Bonchev–Trinajstić information content (AvgIpc) is 2.34. The first-order valence-electron chi connectivity index (χ1n) is 4.75. The van der Waals surface area contributed by atoms with Crippen molar-refractivity contribution in [2.75, 3.05) is 0 Å². The van der Waals surface area contributed by atoms with Gasteiger partial charge in [0.2, 0.25) is 0 Å². The Labute approximate surface area is 73.6 Å². The van der Waals surface area contributed by atoms with Crippen LogP contribution in [0.2, 0.25) is 0 Å². The molecule has 2 saturated carbocycles. The molecule has 2 nitrogen and oxygen atoms in total. The van der Waals surface area contributed by atoms with Crippen LogP contribution in [0.5, 0.6) is 0 Å². The molecule has 0 radical (unpaired) electrons. The molecular formula is C10H18O2. The smallest absolute Gasteiger partial charge is 0.0672 e. The summed E-state index contributed by atoms with van der Waals surface area (Å²) in [4.78, 5) is 0. The molecule has 0 unspecified atom stereocenters. The summed E-state index contributed by atoms with van der Waals surface area (Å²) < 4.78 is 0. The first-order valence-corrected chi connectivity index (χ1v) is 4.75. The molecule has 4 atom stereocenters. The maximum absolute atomic E-state index is 10.0. The lowest BCUT2D eigenvalue weighted by Gasteiger charge is -2.41. The van der Waals surface area contributed by atoms with Gasteiger partial charge < -0.3 is 10.2 Å². The van der Waals surface area contributed by atoms with E-state index >= 15 is 0 Å². The molecule has 0 heterocycles. The van der Waals surface area contributed by atoms with E-state index in [-0.39, 0.29) is 23.0 Å². The van der Waals surface area contributed by atoms with Gasteiger partial charge >= 0.3 is 0 Å². The van der Waals surface area contributed by atoms with Gasteiger partial charge in [-0.05, 0) is 24.2 Å². The largest absolute Gasteiger partial charge is 0.392 e. The molecule has 0 saturated heterocycles. The molecule has 0 aromatic carbocycles. The molecule has 0 spiro atoms. The summed E-state index contributed by atoms with van der Waals surface area (Å²) in [5.41, 5.74) is -0.220. The van der Waals surface area contributed by atoms with Crippen molar-refractivity contribution in [3.05, 3.63) is 0 Å². The van der Waals surface area contributed by atoms with Crippen LogP contribution in [-0.2, 0) is 0 Å². The van der Waals surface area contributed by atoms with Crippen LogP contribution in [0.1, 0.15) is 33.6 Å². The molecule has 2 bridgehead atoms. The topological polar surface area (TPSA) is 40.5 Å². The Hall–Kier alpha value is -0.0800. The number of hydrogen-bond donors (Lipinski definition) is 2. The fourth-order valence-corrected chi connectivity index (χ4v) is 3.22. The summed E-state index contributed by atoms with van der Waals surface area (Å²) in [6, 6.07) is 0. The zero-order valence-electron chi connectivity index (χ0n) is 8.04. The van der Waals surface area contributed by atoms with E-state index in [1.165, 1.54) is 0 Å². The zero-order valence-corrected chi connectivity index (χ0v) is 8.04. The van der Waals surface area contributed by atoms with E-state index in [0.717, 1.165) is 12.8 Å². The number of aliphatic hydroxyl groups excluding tert-OH is 2. The Morgan fingerprint density at radius 2 is 1.75 bits per heavy atom. The van der Waals surface area contributed by atoms with Crippen LogP contribution in [0.15, 0.2) is 0 Å². The number of hydrogen-bond acceptors (Lipinski definition) is 2. The normalized spacial score (nSPS) is 56.2. The first kappa shape index (κ1) is 8.52. The second-order valence-electron chi connectivity index (χ2n) is 5.38. The SMILES string of the molecule is CC1(C)[C@H]2C[C@H](O)[C@](C)(C2)[C@@H]1O. The highest BCUT2D eigenvalue weighted by molar-refractivity contribution is 5.12. The average molecular weight is 170 g/mol. The van der Waals surface area contributed by atoms with Crippen molar-refractivity contribution >= 4 is 0 Å². The molecule has 0 amide bonds. The molecule has 0 aromatic rings. The van der Waals surface area contributed by atoms with Gasteiger partial charge in [0.05, 0.1) is 12.2 Å². The van der Waals surface area contributed by atoms with Gasteiger partial charge in [-0.25, -0.2) is 0 Å². The summed E-state index contributed by atoms with van der Waals surface area (Å²) in [5.74, 6) is 0.507. The zero-order chi connectivity index (χ0) is 9.15. The lowest BCUT2D eigenvalue weighted by atomic mass is 9.69. The maximum Gasteiger partial charge on any atom is 0.0672 e. The van der Waals surface area contributed by atoms with Crippen molar-refractivity contribution in [1.82, 2.24) is 0 Å². The molecule has 2 rings (SSSR count). The van der Waals surface area contributed by atoms with Crippen LogP contribution in [0, 0.1) is 16.7 Å². The van der Waals surface area contributed by atoms with Crippen LogP contribution in [-0.4, -0.2) is 22.4 Å². The van der Waals surface area contributed by atoms with Crippen molar-refractivity contribution in [2.24, 2.45) is 16.7 Å². The third-order valence-electron chi connectivity index (χ3n) is 4.34. The Balaban J connectivity index is 2.36. The van der Waals surface area contributed by atoms with Gasteiger partial charge in [-0.1, -0.05) is 20.8 Å². The molecule has 70 valence electrons. The standard InChI is InChI=1S/C10H18O2/c1-9(2)6-4-7(11)10(3,5-6)8(9)12/h6-8,11-12H,4-5H2,1-3H3/t6-,7-,8+,10-/m0/s1. The Kier molecular flexibility index (Phi) is 1.45.